The molecule has 1 aromatic rings. The fourth-order valence-electron chi connectivity index (χ4n) is 3.48. The van der Waals surface area contributed by atoms with Crippen molar-refractivity contribution in [2.75, 3.05) is 25.0 Å². The van der Waals surface area contributed by atoms with Crippen LogP contribution in [0.25, 0.3) is 0 Å². The monoisotopic (exact) mass is 309 g/mol. The molecule has 0 saturated carbocycles. The van der Waals surface area contributed by atoms with Crippen molar-refractivity contribution in [2.45, 2.75) is 51.1 Å². The summed E-state index contributed by atoms with van der Waals surface area (Å²) in [5.41, 5.74) is 0.727. The van der Waals surface area contributed by atoms with E-state index in [0.717, 1.165) is 30.3 Å². The smallest absolute Gasteiger partial charge is 0.347 e. The molecule has 2 saturated heterocycles. The normalized spacial score (nSPS) is 26.4. The lowest BCUT2D eigenvalue weighted by Crippen LogP contribution is -2.36. The van der Waals surface area contributed by atoms with Gasteiger partial charge < -0.3 is 10.0 Å². The molecule has 2 atom stereocenters. The van der Waals surface area contributed by atoms with E-state index in [1.54, 1.807) is 0 Å². The van der Waals surface area contributed by atoms with Crippen molar-refractivity contribution in [3.63, 3.8) is 0 Å². The quantitative estimate of drug-likeness (QED) is 0.930. The standard InChI is InChI=1S/C15H23N3O2S/c1-9(2)12-13(14(19)20)21-15(16-12)18-7-6-10-4-5-11(8-18)17(10)3/h9-11H,4-8H2,1-3H3,(H,19,20). The lowest BCUT2D eigenvalue weighted by Gasteiger charge is -2.25. The average molecular weight is 309 g/mol. The summed E-state index contributed by atoms with van der Waals surface area (Å²) in [6.45, 7) is 5.96. The Bertz CT molecular complexity index is 543. The van der Waals surface area contributed by atoms with Crippen LogP contribution >= 0.6 is 11.3 Å². The Labute approximate surface area is 129 Å². The zero-order valence-electron chi connectivity index (χ0n) is 12.9. The minimum Gasteiger partial charge on any atom is -0.477 e. The summed E-state index contributed by atoms with van der Waals surface area (Å²) in [5, 5.41) is 10.3. The molecule has 6 heteroatoms. The van der Waals surface area contributed by atoms with Crippen molar-refractivity contribution in [3.05, 3.63) is 10.6 Å². The number of rotatable bonds is 3. The summed E-state index contributed by atoms with van der Waals surface area (Å²) in [6, 6.07) is 1.26. The van der Waals surface area contributed by atoms with E-state index in [4.69, 9.17) is 0 Å². The van der Waals surface area contributed by atoms with Gasteiger partial charge in [0.1, 0.15) is 4.88 Å². The van der Waals surface area contributed by atoms with Gasteiger partial charge in [0.25, 0.3) is 0 Å². The minimum atomic E-state index is -0.851. The lowest BCUT2D eigenvalue weighted by molar-refractivity contribution is 0.0700. The Morgan fingerprint density at radius 2 is 2.05 bits per heavy atom. The number of carboxylic acids is 1. The largest absolute Gasteiger partial charge is 0.477 e. The fraction of sp³-hybridized carbons (Fsp3) is 0.733. The molecule has 21 heavy (non-hydrogen) atoms. The maximum absolute atomic E-state index is 11.4. The van der Waals surface area contributed by atoms with Crippen LogP contribution in [0.2, 0.25) is 0 Å². The van der Waals surface area contributed by atoms with Crippen LogP contribution < -0.4 is 4.90 Å². The molecule has 2 aliphatic heterocycles. The Hall–Kier alpha value is -1.14. The van der Waals surface area contributed by atoms with Crippen molar-refractivity contribution in [1.29, 1.82) is 0 Å². The number of nitrogens with zero attached hydrogens (tertiary/aromatic N) is 3. The topological polar surface area (TPSA) is 56.7 Å². The van der Waals surface area contributed by atoms with Crippen LogP contribution in [0.4, 0.5) is 5.13 Å². The van der Waals surface area contributed by atoms with E-state index in [-0.39, 0.29) is 5.92 Å². The third-order valence-electron chi connectivity index (χ3n) is 4.80. The fourth-order valence-corrected chi connectivity index (χ4v) is 4.58. The summed E-state index contributed by atoms with van der Waals surface area (Å²) in [6.07, 6.45) is 3.68. The van der Waals surface area contributed by atoms with Gasteiger partial charge in [0.15, 0.2) is 5.13 Å². The first-order valence-corrected chi connectivity index (χ1v) is 8.50. The highest BCUT2D eigenvalue weighted by molar-refractivity contribution is 7.17. The van der Waals surface area contributed by atoms with E-state index in [9.17, 15) is 9.90 Å². The molecule has 0 spiro atoms. The van der Waals surface area contributed by atoms with Crippen LogP contribution in [0.3, 0.4) is 0 Å². The number of aromatic carboxylic acids is 1. The second-order valence-corrected chi connectivity index (χ2v) is 7.43. The van der Waals surface area contributed by atoms with Crippen molar-refractivity contribution in [3.8, 4) is 0 Å². The highest BCUT2D eigenvalue weighted by Crippen LogP contribution is 2.35. The van der Waals surface area contributed by atoms with Gasteiger partial charge in [0.2, 0.25) is 0 Å². The van der Waals surface area contributed by atoms with E-state index in [0.29, 0.717) is 17.0 Å². The number of hydrogen-bond donors (Lipinski definition) is 1. The van der Waals surface area contributed by atoms with Crippen LogP contribution in [0.15, 0.2) is 0 Å². The van der Waals surface area contributed by atoms with E-state index in [1.807, 2.05) is 13.8 Å². The summed E-state index contributed by atoms with van der Waals surface area (Å²) in [4.78, 5) is 21.3. The van der Waals surface area contributed by atoms with Gasteiger partial charge in [0.05, 0.1) is 5.69 Å². The molecule has 2 fully saturated rings. The first-order valence-electron chi connectivity index (χ1n) is 7.68. The maximum atomic E-state index is 11.4. The number of anilines is 1. The zero-order valence-corrected chi connectivity index (χ0v) is 13.7. The number of likely N-dealkylation sites (N-methyl/N-ethyl adjacent to an activating group) is 1. The van der Waals surface area contributed by atoms with Crippen LogP contribution in [-0.4, -0.2) is 53.2 Å². The van der Waals surface area contributed by atoms with E-state index < -0.39 is 5.97 Å². The second-order valence-electron chi connectivity index (χ2n) is 6.46. The highest BCUT2D eigenvalue weighted by Gasteiger charge is 2.35. The first-order chi connectivity index (χ1) is 9.97. The molecule has 0 aliphatic carbocycles. The van der Waals surface area contributed by atoms with Crippen molar-refractivity contribution >= 4 is 22.4 Å². The molecule has 0 amide bonds. The van der Waals surface area contributed by atoms with Gasteiger partial charge in [-0.15, -0.1) is 0 Å². The summed E-state index contributed by atoms with van der Waals surface area (Å²) >= 11 is 1.34. The molecule has 5 nitrogen and oxygen atoms in total. The third kappa shape index (κ3) is 2.66. The van der Waals surface area contributed by atoms with Crippen LogP contribution in [-0.2, 0) is 0 Å². The van der Waals surface area contributed by atoms with Gasteiger partial charge in [0, 0.05) is 25.2 Å². The molecule has 1 aromatic heterocycles. The van der Waals surface area contributed by atoms with Gasteiger partial charge in [-0.1, -0.05) is 25.2 Å². The molecule has 0 aromatic carbocycles. The molecule has 2 bridgehead atoms. The number of fused-ring (bicyclic) bond motifs is 2. The lowest BCUT2D eigenvalue weighted by atomic mass is 10.1. The van der Waals surface area contributed by atoms with E-state index in [1.165, 1.54) is 24.2 Å². The molecule has 2 aliphatic rings. The highest BCUT2D eigenvalue weighted by atomic mass is 32.1. The molecule has 0 radical (unpaired) electrons. The van der Waals surface area contributed by atoms with Crippen LogP contribution in [0.5, 0.6) is 0 Å². The third-order valence-corrected chi connectivity index (χ3v) is 5.92. The van der Waals surface area contributed by atoms with Gasteiger partial charge in [-0.25, -0.2) is 9.78 Å². The predicted octanol–water partition coefficient (Wildman–Crippen LogP) is 2.64. The van der Waals surface area contributed by atoms with Crippen LogP contribution in [0, 0.1) is 0 Å². The van der Waals surface area contributed by atoms with E-state index in [2.05, 4.69) is 21.8 Å². The number of thiazole rings is 1. The molecular weight excluding hydrogens is 286 g/mol. The Morgan fingerprint density at radius 1 is 1.33 bits per heavy atom. The Kier molecular flexibility index (Phi) is 3.92. The molecule has 3 heterocycles. The number of carbonyl (C=O) groups is 1. The van der Waals surface area contributed by atoms with Gasteiger partial charge in [-0.05, 0) is 32.2 Å². The molecule has 2 unspecified atom stereocenters. The summed E-state index contributed by atoms with van der Waals surface area (Å²) < 4.78 is 0. The van der Waals surface area contributed by atoms with Gasteiger partial charge >= 0.3 is 5.97 Å². The van der Waals surface area contributed by atoms with E-state index >= 15 is 0 Å². The second kappa shape index (κ2) is 5.57. The number of hydrogen-bond acceptors (Lipinski definition) is 5. The van der Waals surface area contributed by atoms with Crippen molar-refractivity contribution in [1.82, 2.24) is 9.88 Å². The van der Waals surface area contributed by atoms with Crippen LogP contribution in [0.1, 0.15) is 54.4 Å². The Morgan fingerprint density at radius 3 is 2.67 bits per heavy atom. The predicted molar refractivity (Wildman–Crippen MR) is 84.6 cm³/mol. The minimum absolute atomic E-state index is 0.146. The first kappa shape index (κ1) is 14.8. The molecule has 1 N–H and O–H groups in total. The summed E-state index contributed by atoms with van der Waals surface area (Å²) in [7, 11) is 2.22. The molecule has 3 rings (SSSR count). The number of carboxylic acid groups (broad SMARTS) is 1. The van der Waals surface area contributed by atoms with Gasteiger partial charge in [-0.2, -0.15) is 0 Å². The Balaban J connectivity index is 1.87. The zero-order chi connectivity index (χ0) is 15.1. The average Bonchev–Trinajstić information content (AvgIpc) is 2.93. The number of aromatic nitrogens is 1. The SMILES string of the molecule is CC(C)c1nc(N2CCC3CCC(C2)N3C)sc1C(=O)O. The summed E-state index contributed by atoms with van der Waals surface area (Å²) in [5.74, 6) is -0.705. The van der Waals surface area contributed by atoms with Crippen molar-refractivity contribution < 1.29 is 9.90 Å². The molecular formula is C15H23N3O2S. The maximum Gasteiger partial charge on any atom is 0.347 e. The van der Waals surface area contributed by atoms with Crippen molar-refractivity contribution in [2.24, 2.45) is 0 Å². The molecule has 116 valence electrons. The van der Waals surface area contributed by atoms with Gasteiger partial charge in [-0.3, -0.25) is 4.90 Å².